The van der Waals surface area contributed by atoms with Crippen molar-refractivity contribution in [2.75, 3.05) is 30.8 Å². The van der Waals surface area contributed by atoms with Crippen LogP contribution in [0.5, 0.6) is 0 Å². The molecule has 2 aromatic carbocycles. The molecule has 0 radical (unpaired) electrons. The number of nitrogens with one attached hydrogen (secondary N) is 2. The Kier molecular flexibility index (Phi) is 7.44. The van der Waals surface area contributed by atoms with Crippen molar-refractivity contribution in [1.29, 1.82) is 0 Å². The molecule has 0 saturated carbocycles. The van der Waals surface area contributed by atoms with E-state index in [2.05, 4.69) is 10.6 Å². The first-order valence-corrected chi connectivity index (χ1v) is 9.27. The topological polar surface area (TPSA) is 105 Å². The van der Waals surface area contributed by atoms with Crippen LogP contribution in [0.25, 0.3) is 0 Å². The highest BCUT2D eigenvalue weighted by atomic mass is 16.6. The molecule has 0 heterocycles. The van der Waals surface area contributed by atoms with Crippen LogP contribution in [0.15, 0.2) is 36.4 Å². The summed E-state index contributed by atoms with van der Waals surface area (Å²) in [7, 11) is 1.76. The van der Waals surface area contributed by atoms with E-state index in [1.807, 2.05) is 32.0 Å². The minimum Gasteiger partial charge on any atom is -0.326 e. The molecule has 2 aromatic rings. The van der Waals surface area contributed by atoms with Crippen LogP contribution in [-0.4, -0.2) is 41.8 Å². The number of hydrogen-bond acceptors (Lipinski definition) is 5. The summed E-state index contributed by atoms with van der Waals surface area (Å²) in [6.45, 7) is 6.06. The zero-order valence-electron chi connectivity index (χ0n) is 17.1. The molecule has 29 heavy (non-hydrogen) atoms. The van der Waals surface area contributed by atoms with Crippen LogP contribution in [0.4, 0.5) is 17.1 Å². The largest absolute Gasteiger partial charge is 0.326 e. The third-order valence-corrected chi connectivity index (χ3v) is 4.79. The van der Waals surface area contributed by atoms with Gasteiger partial charge >= 0.3 is 0 Å². The lowest BCUT2D eigenvalue weighted by Gasteiger charge is -2.17. The maximum absolute atomic E-state index is 12.3. The monoisotopic (exact) mass is 398 g/mol. The van der Waals surface area contributed by atoms with E-state index in [1.165, 1.54) is 12.1 Å². The number of nitrogens with zero attached hydrogens (tertiary/aromatic N) is 2. The molecule has 2 amide bonds. The SMILES string of the molecule is Cc1cccc(NC(=O)CN(C)CCC(=O)Nc2cccc([N+](=O)[O-])c2C)c1C. The fourth-order valence-electron chi connectivity index (χ4n) is 2.86. The van der Waals surface area contributed by atoms with E-state index < -0.39 is 4.92 Å². The van der Waals surface area contributed by atoms with Gasteiger partial charge in [0.15, 0.2) is 0 Å². The van der Waals surface area contributed by atoms with E-state index in [-0.39, 0.29) is 30.5 Å². The molecule has 0 saturated heterocycles. The Morgan fingerprint density at radius 2 is 1.55 bits per heavy atom. The van der Waals surface area contributed by atoms with Crippen molar-refractivity contribution in [1.82, 2.24) is 4.90 Å². The molecule has 2 rings (SSSR count). The first kappa shape index (κ1) is 22.0. The predicted octanol–water partition coefficient (Wildman–Crippen LogP) is 3.42. The molecule has 8 nitrogen and oxygen atoms in total. The summed E-state index contributed by atoms with van der Waals surface area (Å²) in [6, 6.07) is 10.3. The summed E-state index contributed by atoms with van der Waals surface area (Å²) in [5.74, 6) is -0.425. The molecule has 0 spiro atoms. The summed E-state index contributed by atoms with van der Waals surface area (Å²) in [5.41, 5.74) is 3.69. The fourth-order valence-corrected chi connectivity index (χ4v) is 2.86. The number of amides is 2. The third-order valence-electron chi connectivity index (χ3n) is 4.79. The molecule has 8 heteroatoms. The van der Waals surface area contributed by atoms with Gasteiger partial charge < -0.3 is 10.6 Å². The maximum atomic E-state index is 12.3. The Labute approximate surface area is 170 Å². The minimum absolute atomic E-state index is 0.0389. The number of anilines is 2. The molecule has 0 aliphatic carbocycles. The van der Waals surface area contributed by atoms with Crippen molar-refractivity contribution in [2.24, 2.45) is 0 Å². The van der Waals surface area contributed by atoms with E-state index in [0.29, 0.717) is 17.8 Å². The maximum Gasteiger partial charge on any atom is 0.274 e. The molecular formula is C21H26N4O4. The van der Waals surface area contributed by atoms with Crippen LogP contribution in [0.2, 0.25) is 0 Å². The second-order valence-corrected chi connectivity index (χ2v) is 7.04. The van der Waals surface area contributed by atoms with Gasteiger partial charge in [-0.15, -0.1) is 0 Å². The number of benzene rings is 2. The summed E-state index contributed by atoms with van der Waals surface area (Å²) in [5, 5.41) is 16.6. The van der Waals surface area contributed by atoms with E-state index >= 15 is 0 Å². The van der Waals surface area contributed by atoms with Gasteiger partial charge in [-0.2, -0.15) is 0 Å². The van der Waals surface area contributed by atoms with Gasteiger partial charge in [-0.3, -0.25) is 24.6 Å². The molecule has 0 bridgehead atoms. The number of aryl methyl sites for hydroxylation is 1. The standard InChI is InChI=1S/C21H26N4O4/c1-14-7-5-8-17(15(14)2)23-21(27)13-24(4)12-11-20(26)22-18-9-6-10-19(16(18)3)25(28)29/h5-10H,11-13H2,1-4H3,(H,22,26)(H,23,27). The van der Waals surface area contributed by atoms with Crippen LogP contribution in [-0.2, 0) is 9.59 Å². The highest BCUT2D eigenvalue weighted by Crippen LogP contribution is 2.25. The molecule has 0 aromatic heterocycles. The zero-order chi connectivity index (χ0) is 21.6. The summed E-state index contributed by atoms with van der Waals surface area (Å²) in [4.78, 5) is 36.7. The first-order valence-electron chi connectivity index (χ1n) is 9.27. The first-order chi connectivity index (χ1) is 13.7. The number of carbonyl (C=O) groups is 2. The smallest absolute Gasteiger partial charge is 0.274 e. The van der Waals surface area contributed by atoms with Gasteiger partial charge in [0.2, 0.25) is 11.8 Å². The van der Waals surface area contributed by atoms with Gasteiger partial charge in [0.05, 0.1) is 22.7 Å². The van der Waals surface area contributed by atoms with Crippen LogP contribution in [0, 0.1) is 30.9 Å². The van der Waals surface area contributed by atoms with E-state index in [1.54, 1.807) is 24.9 Å². The Balaban J connectivity index is 1.84. The molecule has 0 fully saturated rings. The van der Waals surface area contributed by atoms with Gasteiger partial charge in [0.1, 0.15) is 0 Å². The van der Waals surface area contributed by atoms with Gasteiger partial charge in [0, 0.05) is 24.7 Å². The van der Waals surface area contributed by atoms with Crippen molar-refractivity contribution in [2.45, 2.75) is 27.2 Å². The van der Waals surface area contributed by atoms with E-state index in [4.69, 9.17) is 0 Å². The van der Waals surface area contributed by atoms with Crippen molar-refractivity contribution in [3.8, 4) is 0 Å². The minimum atomic E-state index is -0.479. The van der Waals surface area contributed by atoms with Crippen molar-refractivity contribution in [3.63, 3.8) is 0 Å². The van der Waals surface area contributed by atoms with Crippen molar-refractivity contribution >= 4 is 28.9 Å². The molecule has 0 aliphatic heterocycles. The lowest BCUT2D eigenvalue weighted by molar-refractivity contribution is -0.385. The average molecular weight is 398 g/mol. The van der Waals surface area contributed by atoms with Crippen LogP contribution >= 0.6 is 0 Å². The summed E-state index contributed by atoms with van der Waals surface area (Å²) in [6.07, 6.45) is 0.162. The van der Waals surface area contributed by atoms with Crippen molar-refractivity contribution < 1.29 is 14.5 Å². The molecule has 154 valence electrons. The Bertz CT molecular complexity index is 927. The van der Waals surface area contributed by atoms with Crippen LogP contribution in [0.3, 0.4) is 0 Å². The molecule has 2 N–H and O–H groups in total. The normalized spacial score (nSPS) is 10.7. The second kappa shape index (κ2) is 9.79. The van der Waals surface area contributed by atoms with Crippen LogP contribution in [0.1, 0.15) is 23.1 Å². The zero-order valence-corrected chi connectivity index (χ0v) is 17.1. The number of likely N-dealkylation sites (N-methyl/N-ethyl adjacent to an activating group) is 1. The number of rotatable bonds is 8. The molecule has 0 unspecified atom stereocenters. The summed E-state index contributed by atoms with van der Waals surface area (Å²) < 4.78 is 0. The fraction of sp³-hybridized carbons (Fsp3) is 0.333. The number of hydrogen-bond donors (Lipinski definition) is 2. The quantitative estimate of drug-likeness (QED) is 0.524. The lowest BCUT2D eigenvalue weighted by Crippen LogP contribution is -2.32. The van der Waals surface area contributed by atoms with Gasteiger partial charge in [-0.05, 0) is 51.1 Å². The Morgan fingerprint density at radius 3 is 2.21 bits per heavy atom. The predicted molar refractivity (Wildman–Crippen MR) is 113 cm³/mol. The van der Waals surface area contributed by atoms with E-state index in [9.17, 15) is 19.7 Å². The molecule has 0 aliphatic rings. The number of nitro benzene ring substituents is 1. The Hall–Kier alpha value is -3.26. The van der Waals surface area contributed by atoms with Crippen molar-refractivity contribution in [3.05, 3.63) is 63.2 Å². The van der Waals surface area contributed by atoms with E-state index in [0.717, 1.165) is 16.8 Å². The molecule has 0 atom stereocenters. The van der Waals surface area contributed by atoms with Gasteiger partial charge in [0.25, 0.3) is 5.69 Å². The highest BCUT2D eigenvalue weighted by Gasteiger charge is 2.15. The highest BCUT2D eigenvalue weighted by molar-refractivity contribution is 5.93. The Morgan fingerprint density at radius 1 is 0.966 bits per heavy atom. The molecular weight excluding hydrogens is 372 g/mol. The summed E-state index contributed by atoms with van der Waals surface area (Å²) >= 11 is 0. The number of nitro groups is 1. The number of carbonyl (C=O) groups excluding carboxylic acids is 2. The second-order valence-electron chi connectivity index (χ2n) is 7.04. The van der Waals surface area contributed by atoms with Gasteiger partial charge in [-0.25, -0.2) is 0 Å². The van der Waals surface area contributed by atoms with Crippen LogP contribution < -0.4 is 10.6 Å². The average Bonchev–Trinajstić information content (AvgIpc) is 2.65. The lowest BCUT2D eigenvalue weighted by atomic mass is 10.1. The third kappa shape index (κ3) is 6.11. The van der Waals surface area contributed by atoms with Gasteiger partial charge in [-0.1, -0.05) is 18.2 Å².